The lowest BCUT2D eigenvalue weighted by atomic mass is 9.74. The summed E-state index contributed by atoms with van der Waals surface area (Å²) in [7, 11) is 0. The molecule has 160 valence electrons. The van der Waals surface area contributed by atoms with E-state index in [1.165, 1.54) is 12.4 Å². The predicted octanol–water partition coefficient (Wildman–Crippen LogP) is 3.08. The van der Waals surface area contributed by atoms with Crippen LogP contribution in [0, 0.1) is 19.7 Å². The van der Waals surface area contributed by atoms with Crippen molar-refractivity contribution in [2.24, 2.45) is 0 Å². The third-order valence-electron chi connectivity index (χ3n) is 6.86. The molecule has 4 fully saturated rings. The Bertz CT molecular complexity index is 1120. The number of benzene rings is 1. The molecule has 3 aromatic rings. The number of aryl methyl sites for hydroxylation is 1. The molecular formula is C22H24FN7O. The zero-order chi connectivity index (χ0) is 21.1. The normalized spacial score (nSPS) is 26.5. The van der Waals surface area contributed by atoms with Gasteiger partial charge in [0.05, 0.1) is 11.3 Å². The van der Waals surface area contributed by atoms with Gasteiger partial charge >= 0.3 is 0 Å². The number of nitrogens with zero attached hydrogens (tertiary/aromatic N) is 6. The molecule has 0 radical (unpaired) electrons. The number of piperidine rings is 4. The van der Waals surface area contributed by atoms with Crippen molar-refractivity contribution in [3.63, 3.8) is 0 Å². The zero-order valence-electron chi connectivity index (χ0n) is 17.5. The van der Waals surface area contributed by atoms with Crippen molar-refractivity contribution in [3.8, 4) is 17.3 Å². The molecule has 4 aliphatic heterocycles. The molecule has 0 spiro atoms. The monoisotopic (exact) mass is 421 g/mol. The quantitative estimate of drug-likeness (QED) is 0.693. The molecule has 7 rings (SSSR count). The van der Waals surface area contributed by atoms with Crippen LogP contribution in [0.4, 0.5) is 10.2 Å². The van der Waals surface area contributed by atoms with Crippen LogP contribution in [0.5, 0.6) is 11.6 Å². The number of ether oxygens (including phenoxy) is 1. The predicted molar refractivity (Wildman–Crippen MR) is 112 cm³/mol. The second-order valence-corrected chi connectivity index (χ2v) is 8.81. The Kier molecular flexibility index (Phi) is 4.21. The second-order valence-electron chi connectivity index (χ2n) is 8.81. The average Bonchev–Trinajstić information content (AvgIpc) is 3.17. The molecule has 1 N–H and O–H groups in total. The van der Waals surface area contributed by atoms with Gasteiger partial charge in [-0.15, -0.1) is 10.2 Å². The molecule has 0 atom stereocenters. The molecule has 4 saturated heterocycles. The maximum atomic E-state index is 14.8. The van der Waals surface area contributed by atoms with Gasteiger partial charge in [0.2, 0.25) is 5.88 Å². The van der Waals surface area contributed by atoms with Gasteiger partial charge in [0.15, 0.2) is 11.6 Å². The first-order valence-electron chi connectivity index (χ1n) is 10.8. The summed E-state index contributed by atoms with van der Waals surface area (Å²) in [6.07, 6.45) is 7.65. The van der Waals surface area contributed by atoms with Crippen molar-refractivity contribution in [2.45, 2.75) is 63.7 Å². The van der Waals surface area contributed by atoms with Gasteiger partial charge in [0.1, 0.15) is 24.3 Å². The van der Waals surface area contributed by atoms with Crippen molar-refractivity contribution in [1.82, 2.24) is 30.0 Å². The molecule has 0 amide bonds. The van der Waals surface area contributed by atoms with E-state index in [0.717, 1.165) is 37.1 Å². The summed E-state index contributed by atoms with van der Waals surface area (Å²) in [6, 6.07) is 7.04. The van der Waals surface area contributed by atoms with Gasteiger partial charge < -0.3 is 15.0 Å². The molecule has 4 bridgehead atoms. The maximum Gasteiger partial charge on any atom is 0.227 e. The minimum absolute atomic E-state index is 0.131. The SMILES string of the molecule is Cc1c(Oc2ccc(-n3cnnc3C)cc2F)ncnc1N1C2CC3CC1CC(C2)N3. The zero-order valence-corrected chi connectivity index (χ0v) is 17.5. The van der Waals surface area contributed by atoms with E-state index in [0.29, 0.717) is 41.6 Å². The van der Waals surface area contributed by atoms with Crippen molar-refractivity contribution in [2.75, 3.05) is 4.90 Å². The van der Waals surface area contributed by atoms with Crippen LogP contribution in [0.25, 0.3) is 5.69 Å². The van der Waals surface area contributed by atoms with Crippen LogP contribution in [0.2, 0.25) is 0 Å². The van der Waals surface area contributed by atoms with Gasteiger partial charge in [-0.2, -0.15) is 0 Å². The minimum Gasteiger partial charge on any atom is -0.435 e. The molecule has 9 heteroatoms. The first-order valence-corrected chi connectivity index (χ1v) is 10.8. The molecule has 4 aliphatic rings. The minimum atomic E-state index is -0.467. The van der Waals surface area contributed by atoms with Gasteiger partial charge in [-0.3, -0.25) is 4.57 Å². The number of anilines is 1. The summed E-state index contributed by atoms with van der Waals surface area (Å²) < 4.78 is 22.5. The molecule has 2 aromatic heterocycles. The number of hydrogen-bond donors (Lipinski definition) is 1. The summed E-state index contributed by atoms with van der Waals surface area (Å²) in [5.74, 6) is 1.65. The largest absolute Gasteiger partial charge is 0.435 e. The lowest BCUT2D eigenvalue weighted by molar-refractivity contribution is 0.133. The number of nitrogens with one attached hydrogen (secondary N) is 1. The van der Waals surface area contributed by atoms with Gasteiger partial charge in [0, 0.05) is 30.2 Å². The van der Waals surface area contributed by atoms with Crippen molar-refractivity contribution >= 4 is 5.82 Å². The molecule has 0 aliphatic carbocycles. The van der Waals surface area contributed by atoms with Crippen molar-refractivity contribution in [3.05, 3.63) is 48.1 Å². The van der Waals surface area contributed by atoms with Gasteiger partial charge in [-0.1, -0.05) is 0 Å². The summed E-state index contributed by atoms with van der Waals surface area (Å²) in [5, 5.41) is 11.5. The number of aromatic nitrogens is 5. The number of rotatable bonds is 4. The summed E-state index contributed by atoms with van der Waals surface area (Å²) in [6.45, 7) is 3.78. The molecule has 6 heterocycles. The Morgan fingerprint density at radius 3 is 2.45 bits per heavy atom. The van der Waals surface area contributed by atoms with E-state index in [1.54, 1.807) is 23.0 Å². The van der Waals surface area contributed by atoms with E-state index < -0.39 is 5.82 Å². The van der Waals surface area contributed by atoms with Crippen LogP contribution >= 0.6 is 0 Å². The number of halogens is 1. The fourth-order valence-electron chi connectivity index (χ4n) is 5.56. The first-order chi connectivity index (χ1) is 15.1. The van der Waals surface area contributed by atoms with Gasteiger partial charge in [-0.25, -0.2) is 14.4 Å². The second kappa shape index (κ2) is 6.98. The highest BCUT2D eigenvalue weighted by Crippen LogP contribution is 2.43. The Hall–Kier alpha value is -3.07. The smallest absolute Gasteiger partial charge is 0.227 e. The highest BCUT2D eigenvalue weighted by atomic mass is 19.1. The Morgan fingerprint density at radius 2 is 1.81 bits per heavy atom. The Morgan fingerprint density at radius 1 is 1.06 bits per heavy atom. The first kappa shape index (κ1) is 18.7. The van der Waals surface area contributed by atoms with Crippen LogP contribution in [-0.2, 0) is 0 Å². The summed E-state index contributed by atoms with van der Waals surface area (Å²) >= 11 is 0. The Labute approximate surface area is 179 Å². The van der Waals surface area contributed by atoms with Gasteiger partial charge in [-0.05, 0) is 51.7 Å². The fourth-order valence-corrected chi connectivity index (χ4v) is 5.56. The van der Waals surface area contributed by atoms with E-state index in [1.807, 2.05) is 13.8 Å². The highest BCUT2D eigenvalue weighted by molar-refractivity contribution is 5.54. The molecule has 0 unspecified atom stereocenters. The molecule has 8 nitrogen and oxygen atoms in total. The number of hydrogen-bond acceptors (Lipinski definition) is 7. The van der Waals surface area contributed by atoms with E-state index in [2.05, 4.69) is 30.4 Å². The topological polar surface area (TPSA) is 81.0 Å². The third kappa shape index (κ3) is 3.06. The standard InChI is InChI=1S/C22H24FN7O/c1-12-21(30-17-5-14-6-18(30)8-15(7-17)27-14)24-10-25-22(12)31-20-4-3-16(9-19(20)23)29-11-26-28-13(29)2/h3-4,9-11,14-15,17-18,27H,5-8H2,1-2H3. The lowest BCUT2D eigenvalue weighted by Gasteiger charge is -2.57. The third-order valence-corrected chi connectivity index (χ3v) is 6.86. The van der Waals surface area contributed by atoms with E-state index in [9.17, 15) is 4.39 Å². The van der Waals surface area contributed by atoms with E-state index >= 15 is 0 Å². The fraction of sp³-hybridized carbons (Fsp3) is 0.455. The van der Waals surface area contributed by atoms with E-state index in [4.69, 9.17) is 4.74 Å². The van der Waals surface area contributed by atoms with Crippen LogP contribution in [0.15, 0.2) is 30.9 Å². The van der Waals surface area contributed by atoms with Crippen LogP contribution < -0.4 is 15.0 Å². The molecule has 31 heavy (non-hydrogen) atoms. The molecule has 0 saturated carbocycles. The van der Waals surface area contributed by atoms with Crippen molar-refractivity contribution < 1.29 is 9.13 Å². The van der Waals surface area contributed by atoms with Crippen LogP contribution in [-0.4, -0.2) is 48.9 Å². The maximum absolute atomic E-state index is 14.8. The average molecular weight is 421 g/mol. The molecule has 1 aromatic carbocycles. The van der Waals surface area contributed by atoms with Crippen LogP contribution in [0.3, 0.4) is 0 Å². The summed E-state index contributed by atoms with van der Waals surface area (Å²) in [4.78, 5) is 11.4. The highest BCUT2D eigenvalue weighted by Gasteiger charge is 2.47. The van der Waals surface area contributed by atoms with Gasteiger partial charge in [0.25, 0.3) is 0 Å². The van der Waals surface area contributed by atoms with E-state index in [-0.39, 0.29) is 5.75 Å². The van der Waals surface area contributed by atoms with Crippen molar-refractivity contribution in [1.29, 1.82) is 0 Å². The summed E-state index contributed by atoms with van der Waals surface area (Å²) in [5.41, 5.74) is 1.49. The van der Waals surface area contributed by atoms with Crippen LogP contribution in [0.1, 0.15) is 37.1 Å². The Balaban J connectivity index is 1.29. The lowest BCUT2D eigenvalue weighted by Crippen LogP contribution is -2.68. The molecular weight excluding hydrogens is 397 g/mol.